The summed E-state index contributed by atoms with van der Waals surface area (Å²) in [5, 5.41) is 16.0. The fourth-order valence-corrected chi connectivity index (χ4v) is 18.4. The second-order valence-electron chi connectivity index (χ2n) is 30.3. The first kappa shape index (κ1) is 60.6. The van der Waals surface area contributed by atoms with Gasteiger partial charge in [-0.3, -0.25) is 0 Å². The molecule has 18 aromatic carbocycles. The molecule has 21 rings (SSSR count). The highest BCUT2D eigenvalue weighted by Crippen LogP contribution is 2.55. The Kier molecular flexibility index (Phi) is 13.4. The Morgan fingerprint density at radius 3 is 0.845 bits per heavy atom. The van der Waals surface area contributed by atoms with E-state index in [4.69, 9.17) is 0 Å². The molecule has 0 fully saturated rings. The van der Waals surface area contributed by atoms with E-state index in [0.717, 1.165) is 34.1 Å². The third kappa shape index (κ3) is 9.33. The lowest BCUT2D eigenvalue weighted by atomic mass is 9.80. The van der Waals surface area contributed by atoms with Gasteiger partial charge in [-0.2, -0.15) is 0 Å². The van der Waals surface area contributed by atoms with Crippen LogP contribution < -0.4 is 9.80 Å². The van der Waals surface area contributed by atoms with Gasteiger partial charge >= 0.3 is 0 Å². The molecule has 103 heavy (non-hydrogen) atoms. The van der Waals surface area contributed by atoms with Crippen molar-refractivity contribution in [3.63, 3.8) is 0 Å². The molecular weight excluding hydrogens is 1240 g/mol. The zero-order valence-corrected chi connectivity index (χ0v) is 58.7. The zero-order chi connectivity index (χ0) is 69.0. The Labute approximate surface area is 602 Å². The van der Waals surface area contributed by atoms with Gasteiger partial charge in [0.2, 0.25) is 0 Å². The van der Waals surface area contributed by atoms with Crippen molar-refractivity contribution in [3.05, 3.63) is 373 Å². The number of hydrogen-bond donors (Lipinski definition) is 0. The summed E-state index contributed by atoms with van der Waals surface area (Å²) in [6, 6.07) is 126. The Bertz CT molecular complexity index is 6010. The number of rotatable bonds is 9. The van der Waals surface area contributed by atoms with Crippen molar-refractivity contribution >= 4 is 98.8 Å². The fraction of sp³-hybridized carbons (Fsp3) is 0.0891. The van der Waals surface area contributed by atoms with Crippen LogP contribution in [0.4, 0.5) is 34.1 Å². The van der Waals surface area contributed by atoms with Crippen LogP contribution in [0.2, 0.25) is 0 Å². The van der Waals surface area contributed by atoms with E-state index in [1.807, 2.05) is 0 Å². The topological polar surface area (TPSA) is 6.48 Å². The second-order valence-corrected chi connectivity index (χ2v) is 30.3. The summed E-state index contributed by atoms with van der Waals surface area (Å²) in [5.74, 6) is 0. The molecule has 18 aromatic rings. The van der Waals surface area contributed by atoms with E-state index in [-0.39, 0.29) is 16.2 Å². The van der Waals surface area contributed by atoms with Crippen LogP contribution in [0.15, 0.2) is 340 Å². The van der Waals surface area contributed by atoms with Crippen LogP contribution in [0, 0.1) is 0 Å². The minimum absolute atomic E-state index is 0.0700. The maximum Gasteiger partial charge on any atom is 0.0465 e. The van der Waals surface area contributed by atoms with Crippen molar-refractivity contribution in [2.45, 2.75) is 57.8 Å². The molecule has 2 nitrogen and oxygen atoms in total. The SMILES string of the molecule is CC1(C)c2cc(-c3ccc4ccc5cccc6ccc3c4c56)ccc2-c2ccc(-c3ccc4ccc5cccc6ccc3c4c56)cc21.CC1(C)c2ccccc2-c2ccc(N(c3ccccc3)c3ccc(-c4ccc(N(c5ccccc5)c5ccc6c(c5)C(C)(C)c5ccccc5-6)cc4)cc3)cc21. The Hall–Kier alpha value is -12.4. The third-order valence-corrected chi connectivity index (χ3v) is 23.6. The van der Waals surface area contributed by atoms with E-state index < -0.39 is 0 Å². The quantitative estimate of drug-likeness (QED) is 0.133. The van der Waals surface area contributed by atoms with E-state index in [2.05, 4.69) is 391 Å². The lowest BCUT2D eigenvalue weighted by molar-refractivity contribution is 0.660. The van der Waals surface area contributed by atoms with Crippen LogP contribution in [0.3, 0.4) is 0 Å². The van der Waals surface area contributed by atoms with E-state index in [0.29, 0.717) is 0 Å². The molecule has 3 aliphatic carbocycles. The molecule has 0 bridgehead atoms. The van der Waals surface area contributed by atoms with Gasteiger partial charge in [0.1, 0.15) is 0 Å². The van der Waals surface area contributed by atoms with E-state index in [1.165, 1.54) is 165 Å². The number of fused-ring (bicyclic) bond motifs is 9. The zero-order valence-electron chi connectivity index (χ0n) is 58.7. The molecule has 0 radical (unpaired) electrons. The summed E-state index contributed by atoms with van der Waals surface area (Å²) in [5.41, 5.74) is 30.5. The second kappa shape index (κ2) is 22.8. The minimum atomic E-state index is -0.121. The molecule has 2 heteroatoms. The van der Waals surface area contributed by atoms with Crippen LogP contribution in [0.5, 0.6) is 0 Å². The van der Waals surface area contributed by atoms with Gasteiger partial charge in [-0.05, 0) is 250 Å². The highest BCUT2D eigenvalue weighted by atomic mass is 15.1. The summed E-state index contributed by atoms with van der Waals surface area (Å²) in [4.78, 5) is 4.75. The summed E-state index contributed by atoms with van der Waals surface area (Å²) < 4.78 is 0. The summed E-state index contributed by atoms with van der Waals surface area (Å²) in [7, 11) is 0. The van der Waals surface area contributed by atoms with Crippen molar-refractivity contribution in [2.75, 3.05) is 9.80 Å². The van der Waals surface area contributed by atoms with E-state index >= 15 is 0 Å². The van der Waals surface area contributed by atoms with Crippen molar-refractivity contribution in [1.29, 1.82) is 0 Å². The standard InChI is InChI=1S/C54H44N2.C47H30/c1-53(2)49-21-13-11-19-45(49)47-33-31-43(35-51(47)53)55(39-15-7-5-8-16-39)41-27-23-37(24-28-41)38-25-29-42(30-26-38)56(40-17-9-6-10-18-40)44-32-34-48-46-20-12-14-22-50(46)54(3,4)52(48)36-44;1-47(2)41-25-33(35-19-13-31-11-9-27-5-3-7-29-15-23-39(35)45(31)43(27)29)17-21-37(41)38-22-18-34(26-42(38)47)36-20-14-32-12-10-28-6-4-8-30-16-24-40(36)46(32)44(28)30/h5-36H,1-4H3;3-26H,1-2H3. The van der Waals surface area contributed by atoms with E-state index in [9.17, 15) is 0 Å². The van der Waals surface area contributed by atoms with Crippen molar-refractivity contribution in [3.8, 4) is 66.8 Å². The van der Waals surface area contributed by atoms with E-state index in [1.54, 1.807) is 0 Å². The van der Waals surface area contributed by atoms with Gasteiger partial charge in [0.05, 0.1) is 0 Å². The monoisotopic (exact) mass is 1310 g/mol. The molecule has 0 atom stereocenters. The molecule has 0 aliphatic heterocycles. The third-order valence-electron chi connectivity index (χ3n) is 23.6. The molecule has 0 N–H and O–H groups in total. The van der Waals surface area contributed by atoms with Gasteiger partial charge < -0.3 is 9.80 Å². The lowest BCUT2D eigenvalue weighted by Crippen LogP contribution is -2.16. The highest BCUT2D eigenvalue weighted by Gasteiger charge is 2.39. The molecule has 488 valence electrons. The number of para-hydroxylation sites is 2. The number of nitrogens with zero attached hydrogens (tertiary/aromatic N) is 2. The smallest absolute Gasteiger partial charge is 0.0465 e. The Morgan fingerprint density at radius 2 is 0.447 bits per heavy atom. The van der Waals surface area contributed by atoms with Crippen molar-refractivity contribution < 1.29 is 0 Å². The maximum absolute atomic E-state index is 2.47. The largest absolute Gasteiger partial charge is 0.310 e. The molecule has 0 saturated heterocycles. The Morgan fingerprint density at radius 1 is 0.175 bits per heavy atom. The number of anilines is 6. The summed E-state index contributed by atoms with van der Waals surface area (Å²) in [6.07, 6.45) is 0. The predicted octanol–water partition coefficient (Wildman–Crippen LogP) is 28.0. The minimum Gasteiger partial charge on any atom is -0.310 e. The van der Waals surface area contributed by atoms with Crippen molar-refractivity contribution in [1.82, 2.24) is 0 Å². The van der Waals surface area contributed by atoms with Crippen LogP contribution in [-0.2, 0) is 16.2 Å². The number of hydrogen-bond acceptors (Lipinski definition) is 2. The van der Waals surface area contributed by atoms with Gasteiger partial charge in [0.25, 0.3) is 0 Å². The van der Waals surface area contributed by atoms with Crippen LogP contribution in [0.1, 0.15) is 74.9 Å². The normalized spacial score (nSPS) is 14.0. The molecule has 0 heterocycles. The average Bonchev–Trinajstić information content (AvgIpc) is 1.50. The average molecular weight is 1320 g/mol. The van der Waals surface area contributed by atoms with Crippen LogP contribution in [-0.4, -0.2) is 0 Å². The van der Waals surface area contributed by atoms with Crippen molar-refractivity contribution in [2.24, 2.45) is 0 Å². The van der Waals surface area contributed by atoms with Gasteiger partial charge in [-0.25, -0.2) is 0 Å². The summed E-state index contributed by atoms with van der Waals surface area (Å²) >= 11 is 0. The molecule has 0 unspecified atom stereocenters. The molecule has 0 aromatic heterocycles. The van der Waals surface area contributed by atoms with Gasteiger partial charge in [-0.15, -0.1) is 0 Å². The predicted molar refractivity (Wildman–Crippen MR) is 439 cm³/mol. The Balaban J connectivity index is 0.000000139. The molecule has 0 amide bonds. The molecule has 0 saturated carbocycles. The first-order valence-corrected chi connectivity index (χ1v) is 36.4. The summed E-state index contributed by atoms with van der Waals surface area (Å²) in [6.45, 7) is 14.2. The fourth-order valence-electron chi connectivity index (χ4n) is 18.4. The number of benzene rings is 18. The van der Waals surface area contributed by atoms with Gasteiger partial charge in [0, 0.05) is 50.4 Å². The molecular formula is C101H74N2. The first-order chi connectivity index (χ1) is 50.3. The molecule has 3 aliphatic rings. The van der Waals surface area contributed by atoms with Crippen LogP contribution >= 0.6 is 0 Å². The van der Waals surface area contributed by atoms with Gasteiger partial charge in [-0.1, -0.05) is 296 Å². The molecule has 0 spiro atoms. The van der Waals surface area contributed by atoms with Crippen LogP contribution in [0.25, 0.3) is 131 Å². The van der Waals surface area contributed by atoms with Gasteiger partial charge in [0.15, 0.2) is 0 Å². The lowest BCUT2D eigenvalue weighted by Gasteiger charge is -2.28. The first-order valence-electron chi connectivity index (χ1n) is 36.4. The highest BCUT2D eigenvalue weighted by molar-refractivity contribution is 6.27. The maximum atomic E-state index is 2.47.